The SMILES string of the molecule is CC(OC(=O)c1ccc(Cl)c(S(C)(=O)=O)c1)c1nc(-c2cccnc2)no1. The highest BCUT2D eigenvalue weighted by atomic mass is 35.5. The van der Waals surface area contributed by atoms with Gasteiger partial charge in [-0.15, -0.1) is 0 Å². The highest BCUT2D eigenvalue weighted by Crippen LogP contribution is 2.25. The number of carbonyl (C=O) groups is 1. The number of hydrogen-bond donors (Lipinski definition) is 0. The molecule has 1 atom stereocenters. The second-order valence-electron chi connectivity index (χ2n) is 5.66. The predicted molar refractivity (Wildman–Crippen MR) is 95.9 cm³/mol. The molecule has 0 spiro atoms. The van der Waals surface area contributed by atoms with Gasteiger partial charge in [-0.05, 0) is 37.3 Å². The molecule has 0 fully saturated rings. The van der Waals surface area contributed by atoms with Gasteiger partial charge in [-0.1, -0.05) is 16.8 Å². The molecule has 0 amide bonds. The van der Waals surface area contributed by atoms with Crippen LogP contribution in [0.1, 0.15) is 29.3 Å². The van der Waals surface area contributed by atoms with Crippen LogP contribution in [0.4, 0.5) is 0 Å². The van der Waals surface area contributed by atoms with Crippen LogP contribution in [0, 0.1) is 0 Å². The lowest BCUT2D eigenvalue weighted by Crippen LogP contribution is -2.11. The van der Waals surface area contributed by atoms with Crippen molar-refractivity contribution in [3.8, 4) is 11.4 Å². The summed E-state index contributed by atoms with van der Waals surface area (Å²) < 4.78 is 33.9. The first-order chi connectivity index (χ1) is 12.8. The molecule has 0 bridgehead atoms. The third-order valence-electron chi connectivity index (χ3n) is 3.56. The van der Waals surface area contributed by atoms with Crippen LogP contribution in [0.3, 0.4) is 0 Å². The van der Waals surface area contributed by atoms with Crippen LogP contribution in [-0.4, -0.2) is 35.8 Å². The summed E-state index contributed by atoms with van der Waals surface area (Å²) in [4.78, 5) is 20.3. The maximum atomic E-state index is 12.3. The minimum absolute atomic E-state index is 0.0279. The van der Waals surface area contributed by atoms with E-state index in [-0.39, 0.29) is 21.4 Å². The summed E-state index contributed by atoms with van der Waals surface area (Å²) in [5, 5.41) is 3.86. The molecule has 3 aromatic rings. The molecule has 140 valence electrons. The second kappa shape index (κ2) is 7.45. The van der Waals surface area contributed by atoms with Gasteiger partial charge >= 0.3 is 5.97 Å². The molecule has 0 saturated heterocycles. The topological polar surface area (TPSA) is 112 Å². The average molecular weight is 408 g/mol. The number of aromatic nitrogens is 3. The zero-order chi connectivity index (χ0) is 19.6. The van der Waals surface area contributed by atoms with Crippen molar-refractivity contribution in [3.63, 3.8) is 0 Å². The van der Waals surface area contributed by atoms with E-state index in [0.29, 0.717) is 11.4 Å². The van der Waals surface area contributed by atoms with Crippen LogP contribution in [0.25, 0.3) is 11.4 Å². The van der Waals surface area contributed by atoms with Crippen molar-refractivity contribution in [2.24, 2.45) is 0 Å². The van der Waals surface area contributed by atoms with E-state index in [2.05, 4.69) is 15.1 Å². The molecular weight excluding hydrogens is 394 g/mol. The standard InChI is InChI=1S/C17H14ClN3O5S/c1-10(16-20-15(21-26-16)12-4-3-7-19-9-12)25-17(22)11-5-6-13(18)14(8-11)27(2,23)24/h3-10H,1-2H3. The van der Waals surface area contributed by atoms with Gasteiger partial charge in [0.15, 0.2) is 15.9 Å². The van der Waals surface area contributed by atoms with Gasteiger partial charge in [-0.2, -0.15) is 4.98 Å². The van der Waals surface area contributed by atoms with E-state index in [1.165, 1.54) is 18.2 Å². The molecule has 0 saturated carbocycles. The van der Waals surface area contributed by atoms with E-state index >= 15 is 0 Å². The van der Waals surface area contributed by atoms with Crippen LogP contribution in [0.2, 0.25) is 5.02 Å². The zero-order valence-corrected chi connectivity index (χ0v) is 15.9. The first-order valence-corrected chi connectivity index (χ1v) is 9.97. The Labute approximate surface area is 160 Å². The van der Waals surface area contributed by atoms with Crippen molar-refractivity contribution in [1.29, 1.82) is 0 Å². The molecule has 10 heteroatoms. The average Bonchev–Trinajstić information content (AvgIpc) is 3.12. The largest absolute Gasteiger partial charge is 0.449 e. The molecule has 3 rings (SSSR count). The van der Waals surface area contributed by atoms with Crippen LogP contribution >= 0.6 is 11.6 Å². The summed E-state index contributed by atoms with van der Waals surface area (Å²) in [5.41, 5.74) is 0.695. The zero-order valence-electron chi connectivity index (χ0n) is 14.3. The molecule has 0 aliphatic carbocycles. The number of rotatable bonds is 5. The van der Waals surface area contributed by atoms with Gasteiger partial charge in [0, 0.05) is 24.2 Å². The lowest BCUT2D eigenvalue weighted by molar-refractivity contribution is 0.0265. The number of ether oxygens (including phenoxy) is 1. The third kappa shape index (κ3) is 4.32. The quantitative estimate of drug-likeness (QED) is 0.593. The minimum Gasteiger partial charge on any atom is -0.449 e. The van der Waals surface area contributed by atoms with Crippen molar-refractivity contribution in [2.45, 2.75) is 17.9 Å². The molecule has 1 aromatic carbocycles. The summed E-state index contributed by atoms with van der Waals surface area (Å²) >= 11 is 5.88. The summed E-state index contributed by atoms with van der Waals surface area (Å²) in [6.45, 7) is 1.56. The Balaban J connectivity index is 1.78. The molecule has 0 aliphatic rings. The molecule has 0 aliphatic heterocycles. The maximum Gasteiger partial charge on any atom is 0.338 e. The summed E-state index contributed by atoms with van der Waals surface area (Å²) in [6, 6.07) is 7.36. The van der Waals surface area contributed by atoms with E-state index in [9.17, 15) is 13.2 Å². The van der Waals surface area contributed by atoms with Crippen molar-refractivity contribution in [1.82, 2.24) is 15.1 Å². The predicted octanol–water partition coefficient (Wildman–Crippen LogP) is 3.11. The molecule has 27 heavy (non-hydrogen) atoms. The van der Waals surface area contributed by atoms with E-state index in [1.54, 1.807) is 31.5 Å². The Kier molecular flexibility index (Phi) is 5.24. The van der Waals surface area contributed by atoms with Gasteiger partial charge in [-0.25, -0.2) is 13.2 Å². The van der Waals surface area contributed by atoms with Gasteiger partial charge in [-0.3, -0.25) is 4.98 Å². The van der Waals surface area contributed by atoms with E-state index in [1.807, 2.05) is 0 Å². The Morgan fingerprint density at radius 2 is 2.07 bits per heavy atom. The fourth-order valence-corrected chi connectivity index (χ4v) is 3.51. The fraction of sp³-hybridized carbons (Fsp3) is 0.176. The Bertz CT molecular complexity index is 1080. The van der Waals surface area contributed by atoms with Crippen LogP contribution < -0.4 is 0 Å². The highest BCUT2D eigenvalue weighted by Gasteiger charge is 2.22. The van der Waals surface area contributed by atoms with Crippen LogP contribution in [0.5, 0.6) is 0 Å². The molecule has 8 nitrogen and oxygen atoms in total. The molecular formula is C17H14ClN3O5S. The lowest BCUT2D eigenvalue weighted by atomic mass is 10.2. The van der Waals surface area contributed by atoms with E-state index in [4.69, 9.17) is 20.9 Å². The normalized spacial score (nSPS) is 12.6. The number of hydrogen-bond acceptors (Lipinski definition) is 8. The summed E-state index contributed by atoms with van der Waals surface area (Å²) in [5.74, 6) is -0.337. The molecule has 0 N–H and O–H groups in total. The van der Waals surface area contributed by atoms with Crippen molar-refractivity contribution in [3.05, 3.63) is 59.2 Å². The van der Waals surface area contributed by atoms with Gasteiger partial charge in [0.05, 0.1) is 15.5 Å². The smallest absolute Gasteiger partial charge is 0.338 e. The minimum atomic E-state index is -3.58. The number of pyridine rings is 1. The van der Waals surface area contributed by atoms with Crippen LogP contribution in [-0.2, 0) is 14.6 Å². The number of sulfone groups is 1. The molecule has 2 aromatic heterocycles. The summed E-state index contributed by atoms with van der Waals surface area (Å²) in [6.07, 6.45) is 3.36. The number of carbonyl (C=O) groups excluding carboxylic acids is 1. The van der Waals surface area contributed by atoms with Gasteiger partial charge in [0.1, 0.15) is 0 Å². The Morgan fingerprint density at radius 3 is 2.74 bits per heavy atom. The van der Waals surface area contributed by atoms with Crippen molar-refractivity contribution < 1.29 is 22.5 Å². The Hall–Kier alpha value is -2.78. The highest BCUT2D eigenvalue weighted by molar-refractivity contribution is 7.90. The van der Waals surface area contributed by atoms with Crippen molar-refractivity contribution >= 4 is 27.4 Å². The van der Waals surface area contributed by atoms with E-state index < -0.39 is 21.9 Å². The van der Waals surface area contributed by atoms with Gasteiger partial charge in [0.25, 0.3) is 5.89 Å². The first kappa shape index (κ1) is 19.0. The van der Waals surface area contributed by atoms with E-state index in [0.717, 1.165) is 6.26 Å². The third-order valence-corrected chi connectivity index (χ3v) is 5.14. The van der Waals surface area contributed by atoms with Gasteiger partial charge < -0.3 is 9.26 Å². The molecule has 2 heterocycles. The number of nitrogens with zero attached hydrogens (tertiary/aromatic N) is 3. The number of benzene rings is 1. The monoisotopic (exact) mass is 407 g/mol. The first-order valence-electron chi connectivity index (χ1n) is 7.70. The van der Waals surface area contributed by atoms with Gasteiger partial charge in [0.2, 0.25) is 5.82 Å². The fourth-order valence-electron chi connectivity index (χ4n) is 2.21. The maximum absolute atomic E-state index is 12.3. The Morgan fingerprint density at radius 1 is 1.30 bits per heavy atom. The number of halogens is 1. The van der Waals surface area contributed by atoms with Crippen molar-refractivity contribution in [2.75, 3.05) is 6.26 Å². The second-order valence-corrected chi connectivity index (χ2v) is 8.05. The van der Waals surface area contributed by atoms with Crippen LogP contribution in [0.15, 0.2) is 52.1 Å². The molecule has 1 unspecified atom stereocenters. The number of esters is 1. The molecule has 0 radical (unpaired) electrons. The summed E-state index contributed by atoms with van der Waals surface area (Å²) in [7, 11) is -3.58. The lowest BCUT2D eigenvalue weighted by Gasteiger charge is -2.10.